The Kier molecular flexibility index (Phi) is 4.61. The third kappa shape index (κ3) is 3.76. The number of alkyl halides is 3. The van der Waals surface area contributed by atoms with Crippen molar-refractivity contribution in [3.8, 4) is 0 Å². The molecule has 2 nitrogen and oxygen atoms in total. The van der Waals surface area contributed by atoms with Gasteiger partial charge in [-0.2, -0.15) is 13.2 Å². The number of halogens is 3. The van der Waals surface area contributed by atoms with E-state index in [1.54, 1.807) is 0 Å². The largest absolute Gasteiger partial charge is 0.416 e. The number of nitrogen functional groups attached to an aromatic ring is 1. The maximum atomic E-state index is 13.0. The molecule has 2 N–H and O–H groups in total. The number of hydrogen-bond donors (Lipinski definition) is 1. The van der Waals surface area contributed by atoms with Crippen molar-refractivity contribution in [1.29, 1.82) is 0 Å². The molecule has 0 fully saturated rings. The lowest BCUT2D eigenvalue weighted by atomic mass is 10.1. The van der Waals surface area contributed by atoms with Gasteiger partial charge in [0.1, 0.15) is 0 Å². The van der Waals surface area contributed by atoms with Gasteiger partial charge >= 0.3 is 6.18 Å². The van der Waals surface area contributed by atoms with Crippen molar-refractivity contribution in [2.45, 2.75) is 51.7 Å². The van der Waals surface area contributed by atoms with Crippen LogP contribution in [0.25, 0.3) is 0 Å². The Morgan fingerprint density at radius 1 is 1.15 bits per heavy atom. The van der Waals surface area contributed by atoms with Gasteiger partial charge in [-0.3, -0.25) is 0 Å². The molecule has 0 amide bonds. The molecule has 0 bridgehead atoms. The summed E-state index contributed by atoms with van der Waals surface area (Å²) in [4.78, 5) is 0. The SMILES string of the molecule is CC(C)(C)[Si](C)(C)OCc1c(N)cccc1C(F)(F)F. The topological polar surface area (TPSA) is 35.2 Å². The van der Waals surface area contributed by atoms with Gasteiger partial charge in [-0.1, -0.05) is 26.8 Å². The number of rotatable bonds is 3. The van der Waals surface area contributed by atoms with Crippen molar-refractivity contribution in [3.63, 3.8) is 0 Å². The van der Waals surface area contributed by atoms with Gasteiger partial charge < -0.3 is 10.2 Å². The van der Waals surface area contributed by atoms with E-state index in [-0.39, 0.29) is 22.9 Å². The van der Waals surface area contributed by atoms with Crippen LogP contribution in [0.15, 0.2) is 18.2 Å². The van der Waals surface area contributed by atoms with Crippen molar-refractivity contribution >= 4 is 14.0 Å². The van der Waals surface area contributed by atoms with E-state index in [9.17, 15) is 13.2 Å². The number of benzene rings is 1. The van der Waals surface area contributed by atoms with E-state index in [1.807, 2.05) is 33.9 Å². The Labute approximate surface area is 119 Å². The van der Waals surface area contributed by atoms with Crippen LogP contribution in [0.1, 0.15) is 31.9 Å². The van der Waals surface area contributed by atoms with Gasteiger partial charge in [-0.05, 0) is 30.3 Å². The van der Waals surface area contributed by atoms with E-state index in [2.05, 4.69) is 0 Å². The third-order valence-electron chi connectivity index (χ3n) is 3.90. The van der Waals surface area contributed by atoms with Crippen LogP contribution in [-0.2, 0) is 17.2 Å². The van der Waals surface area contributed by atoms with Crippen molar-refractivity contribution < 1.29 is 17.6 Å². The molecule has 114 valence electrons. The van der Waals surface area contributed by atoms with Gasteiger partial charge in [0.25, 0.3) is 0 Å². The Bertz CT molecular complexity index is 478. The normalized spacial score (nSPS) is 13.6. The molecular formula is C14H22F3NOSi. The van der Waals surface area contributed by atoms with Crippen molar-refractivity contribution in [2.24, 2.45) is 0 Å². The van der Waals surface area contributed by atoms with Crippen LogP contribution in [0.4, 0.5) is 18.9 Å². The molecule has 0 spiro atoms. The van der Waals surface area contributed by atoms with Crippen LogP contribution >= 0.6 is 0 Å². The van der Waals surface area contributed by atoms with Crippen LogP contribution < -0.4 is 5.73 Å². The minimum Gasteiger partial charge on any atom is -0.412 e. The Hall–Kier alpha value is -1.01. The highest BCUT2D eigenvalue weighted by Gasteiger charge is 2.39. The standard InChI is InChI=1S/C14H22F3NOSi/c1-13(2,3)20(4,5)19-9-10-11(14(15,16)17)7-6-8-12(10)18/h6-8H,9,18H2,1-5H3. The fourth-order valence-electron chi connectivity index (χ4n) is 1.50. The van der Waals surface area contributed by atoms with Crippen LogP contribution in [-0.4, -0.2) is 8.32 Å². The van der Waals surface area contributed by atoms with E-state index in [1.165, 1.54) is 12.1 Å². The molecule has 0 aromatic heterocycles. The van der Waals surface area contributed by atoms with Crippen LogP contribution in [0, 0.1) is 0 Å². The predicted octanol–water partition coefficient (Wildman–Crippen LogP) is 4.81. The highest BCUT2D eigenvalue weighted by molar-refractivity contribution is 6.74. The summed E-state index contributed by atoms with van der Waals surface area (Å²) in [6.45, 7) is 10.0. The van der Waals surface area contributed by atoms with E-state index in [0.717, 1.165) is 6.07 Å². The summed E-state index contributed by atoms with van der Waals surface area (Å²) in [7, 11) is -2.12. The Balaban J connectivity index is 3.05. The van der Waals surface area contributed by atoms with E-state index >= 15 is 0 Å². The molecule has 0 heterocycles. The van der Waals surface area contributed by atoms with Crippen molar-refractivity contribution in [1.82, 2.24) is 0 Å². The molecular weight excluding hydrogens is 283 g/mol. The first-order valence-electron chi connectivity index (χ1n) is 6.45. The summed E-state index contributed by atoms with van der Waals surface area (Å²) < 4.78 is 44.8. The van der Waals surface area contributed by atoms with Crippen molar-refractivity contribution in [2.75, 3.05) is 5.73 Å². The van der Waals surface area contributed by atoms with Crippen LogP contribution in [0.3, 0.4) is 0 Å². The lowest BCUT2D eigenvalue weighted by Gasteiger charge is -2.36. The zero-order valence-corrected chi connectivity index (χ0v) is 13.6. The summed E-state index contributed by atoms with van der Waals surface area (Å²) >= 11 is 0. The van der Waals surface area contributed by atoms with E-state index in [0.29, 0.717) is 0 Å². The summed E-state index contributed by atoms with van der Waals surface area (Å²) in [5, 5.41) is -0.0606. The summed E-state index contributed by atoms with van der Waals surface area (Å²) in [5.74, 6) is 0. The molecule has 0 atom stereocenters. The molecule has 0 unspecified atom stereocenters. The number of hydrogen-bond acceptors (Lipinski definition) is 2. The highest BCUT2D eigenvalue weighted by Crippen LogP contribution is 2.39. The molecule has 20 heavy (non-hydrogen) atoms. The average Bonchev–Trinajstić information content (AvgIpc) is 2.24. The Morgan fingerprint density at radius 2 is 1.70 bits per heavy atom. The zero-order valence-electron chi connectivity index (χ0n) is 12.6. The predicted molar refractivity (Wildman–Crippen MR) is 77.8 cm³/mol. The quantitative estimate of drug-likeness (QED) is 0.642. The maximum Gasteiger partial charge on any atom is 0.416 e. The minimum absolute atomic E-state index is 0.0322. The lowest BCUT2D eigenvalue weighted by Crippen LogP contribution is -2.40. The average molecular weight is 305 g/mol. The smallest absolute Gasteiger partial charge is 0.412 e. The van der Waals surface area contributed by atoms with Crippen molar-refractivity contribution in [3.05, 3.63) is 29.3 Å². The summed E-state index contributed by atoms with van der Waals surface area (Å²) in [5.41, 5.74) is 5.14. The molecule has 0 saturated carbocycles. The lowest BCUT2D eigenvalue weighted by molar-refractivity contribution is -0.138. The molecule has 1 rings (SSSR count). The van der Waals surface area contributed by atoms with Gasteiger partial charge in [0.2, 0.25) is 0 Å². The first-order chi connectivity index (χ1) is 8.86. The zero-order chi connectivity index (χ0) is 15.8. The highest BCUT2D eigenvalue weighted by atomic mass is 28.4. The fraction of sp³-hybridized carbons (Fsp3) is 0.571. The molecule has 0 radical (unpaired) electrons. The van der Waals surface area contributed by atoms with Gasteiger partial charge in [0.15, 0.2) is 8.32 Å². The first kappa shape index (κ1) is 17.0. The second-order valence-electron chi connectivity index (χ2n) is 6.42. The monoisotopic (exact) mass is 305 g/mol. The first-order valence-corrected chi connectivity index (χ1v) is 9.35. The molecule has 1 aromatic carbocycles. The molecule has 1 aromatic rings. The summed E-state index contributed by atoms with van der Waals surface area (Å²) in [6, 6.07) is 3.83. The molecule has 0 aliphatic heterocycles. The molecule has 0 aliphatic carbocycles. The van der Waals surface area contributed by atoms with Gasteiger partial charge in [-0.15, -0.1) is 0 Å². The van der Waals surface area contributed by atoms with Gasteiger partial charge in [0, 0.05) is 11.3 Å². The summed E-state index contributed by atoms with van der Waals surface area (Å²) in [6.07, 6.45) is -4.42. The van der Waals surface area contributed by atoms with E-state index in [4.69, 9.17) is 10.2 Å². The molecule has 0 saturated heterocycles. The molecule has 6 heteroatoms. The van der Waals surface area contributed by atoms with Crippen LogP contribution in [0.2, 0.25) is 18.1 Å². The second-order valence-corrected chi connectivity index (χ2v) is 11.2. The Morgan fingerprint density at radius 3 is 2.15 bits per heavy atom. The minimum atomic E-state index is -4.42. The van der Waals surface area contributed by atoms with Crippen LogP contribution in [0.5, 0.6) is 0 Å². The molecule has 0 aliphatic rings. The number of anilines is 1. The van der Waals surface area contributed by atoms with Gasteiger partial charge in [-0.25, -0.2) is 0 Å². The maximum absolute atomic E-state index is 13.0. The second kappa shape index (κ2) is 5.41. The van der Waals surface area contributed by atoms with Gasteiger partial charge in [0.05, 0.1) is 12.2 Å². The number of nitrogens with two attached hydrogens (primary N) is 1. The third-order valence-corrected chi connectivity index (χ3v) is 8.38. The van der Waals surface area contributed by atoms with E-state index < -0.39 is 20.1 Å². The fourth-order valence-corrected chi connectivity index (χ4v) is 2.44.